The highest BCUT2D eigenvalue weighted by atomic mass is 35.5. The number of anilines is 1. The number of esters is 1. The van der Waals surface area contributed by atoms with E-state index in [1.165, 1.54) is 30.7 Å². The molecule has 2 aromatic carbocycles. The first-order chi connectivity index (χ1) is 12.5. The lowest BCUT2D eigenvalue weighted by Gasteiger charge is -2.16. The molecule has 0 spiro atoms. The molecule has 6 nitrogen and oxygen atoms in total. The van der Waals surface area contributed by atoms with Crippen molar-refractivity contribution in [3.63, 3.8) is 0 Å². The molecular formula is C18H14ClFN2O4. The fraction of sp³-hybridized carbons (Fsp3) is 0.167. The van der Waals surface area contributed by atoms with Crippen LogP contribution in [0.25, 0.3) is 11.1 Å². The van der Waals surface area contributed by atoms with Crippen LogP contribution in [0.5, 0.6) is 0 Å². The lowest BCUT2D eigenvalue weighted by Crippen LogP contribution is -2.32. The van der Waals surface area contributed by atoms with E-state index in [9.17, 15) is 14.0 Å². The number of carbonyl (C=O) groups is 2. The highest BCUT2D eigenvalue weighted by molar-refractivity contribution is 6.31. The first-order valence-corrected chi connectivity index (χ1v) is 8.16. The van der Waals surface area contributed by atoms with Gasteiger partial charge in [-0.1, -0.05) is 18.5 Å². The summed E-state index contributed by atoms with van der Waals surface area (Å²) < 4.78 is 23.6. The van der Waals surface area contributed by atoms with Crippen molar-refractivity contribution >= 4 is 40.3 Å². The third-order valence-corrected chi connectivity index (χ3v) is 3.96. The summed E-state index contributed by atoms with van der Waals surface area (Å²) in [5, 5.41) is 2.43. The fourth-order valence-electron chi connectivity index (χ4n) is 2.30. The lowest BCUT2D eigenvalue weighted by molar-refractivity contribution is -0.124. The molecule has 0 saturated carbocycles. The molecule has 0 aliphatic carbocycles. The summed E-state index contributed by atoms with van der Waals surface area (Å²) in [6.07, 6.45) is 0.522. The maximum atomic E-state index is 13.2. The van der Waals surface area contributed by atoms with Gasteiger partial charge in [-0.15, -0.1) is 0 Å². The zero-order chi connectivity index (χ0) is 18.7. The minimum Gasteiger partial charge on any atom is -0.449 e. The summed E-state index contributed by atoms with van der Waals surface area (Å²) in [7, 11) is 0. The summed E-state index contributed by atoms with van der Waals surface area (Å²) >= 11 is 5.69. The average molecular weight is 377 g/mol. The SMILES string of the molecule is CCC(OC(=O)c1ccc2ocnc2c1)C(=O)Nc1ccc(F)c(Cl)c1. The van der Waals surface area contributed by atoms with E-state index in [4.69, 9.17) is 20.8 Å². The van der Waals surface area contributed by atoms with Crippen molar-refractivity contribution < 1.29 is 23.1 Å². The predicted octanol–water partition coefficient (Wildman–Crippen LogP) is 4.19. The van der Waals surface area contributed by atoms with Gasteiger partial charge in [0, 0.05) is 5.69 Å². The Morgan fingerprint density at radius 3 is 2.85 bits per heavy atom. The van der Waals surface area contributed by atoms with Gasteiger partial charge in [0.1, 0.15) is 11.3 Å². The minimum atomic E-state index is -1.01. The van der Waals surface area contributed by atoms with Gasteiger partial charge in [0.15, 0.2) is 18.1 Å². The van der Waals surface area contributed by atoms with Gasteiger partial charge in [-0.05, 0) is 42.8 Å². The van der Waals surface area contributed by atoms with Gasteiger partial charge in [-0.25, -0.2) is 14.2 Å². The largest absolute Gasteiger partial charge is 0.449 e. The third kappa shape index (κ3) is 3.83. The zero-order valence-corrected chi connectivity index (χ0v) is 14.4. The Kier molecular flexibility index (Phi) is 5.18. The van der Waals surface area contributed by atoms with Crippen LogP contribution in [0.3, 0.4) is 0 Å². The Hall–Kier alpha value is -2.93. The molecule has 1 atom stereocenters. The molecule has 1 heterocycles. The summed E-state index contributed by atoms with van der Waals surface area (Å²) in [5.41, 5.74) is 1.61. The number of aromatic nitrogens is 1. The van der Waals surface area contributed by atoms with Crippen LogP contribution in [0.1, 0.15) is 23.7 Å². The maximum absolute atomic E-state index is 13.2. The van der Waals surface area contributed by atoms with Crippen molar-refractivity contribution in [3.8, 4) is 0 Å². The molecule has 3 aromatic rings. The zero-order valence-electron chi connectivity index (χ0n) is 13.7. The molecule has 1 aromatic heterocycles. The van der Waals surface area contributed by atoms with Crippen LogP contribution < -0.4 is 5.32 Å². The van der Waals surface area contributed by atoms with Crippen molar-refractivity contribution in [1.29, 1.82) is 0 Å². The average Bonchev–Trinajstić information content (AvgIpc) is 3.10. The van der Waals surface area contributed by atoms with Crippen LogP contribution in [-0.2, 0) is 9.53 Å². The summed E-state index contributed by atoms with van der Waals surface area (Å²) in [4.78, 5) is 28.6. The quantitative estimate of drug-likeness (QED) is 0.675. The second-order valence-electron chi connectivity index (χ2n) is 5.46. The highest BCUT2D eigenvalue weighted by Crippen LogP contribution is 2.20. The first-order valence-electron chi connectivity index (χ1n) is 7.78. The van der Waals surface area contributed by atoms with Crippen molar-refractivity contribution in [2.24, 2.45) is 0 Å². The number of amides is 1. The number of hydrogen-bond donors (Lipinski definition) is 1. The number of rotatable bonds is 5. The lowest BCUT2D eigenvalue weighted by atomic mass is 10.2. The molecule has 0 aliphatic rings. The predicted molar refractivity (Wildman–Crippen MR) is 93.5 cm³/mol. The maximum Gasteiger partial charge on any atom is 0.338 e. The Bertz CT molecular complexity index is 973. The molecule has 0 bridgehead atoms. The molecule has 1 amide bonds. The summed E-state index contributed by atoms with van der Waals surface area (Å²) in [5.74, 6) is -1.79. The number of hydrogen-bond acceptors (Lipinski definition) is 5. The Morgan fingerprint density at radius 2 is 2.12 bits per heavy atom. The fourth-order valence-corrected chi connectivity index (χ4v) is 2.48. The summed E-state index contributed by atoms with van der Waals surface area (Å²) in [6, 6.07) is 8.43. The van der Waals surface area contributed by atoms with E-state index in [2.05, 4.69) is 10.3 Å². The number of ether oxygens (including phenoxy) is 1. The Labute approximate surface area is 152 Å². The van der Waals surface area contributed by atoms with Gasteiger partial charge in [0.2, 0.25) is 0 Å². The van der Waals surface area contributed by atoms with Crippen LogP contribution in [0.2, 0.25) is 5.02 Å². The molecule has 3 rings (SSSR count). The van der Waals surface area contributed by atoms with Gasteiger partial charge in [-0.2, -0.15) is 0 Å². The van der Waals surface area contributed by atoms with Gasteiger partial charge >= 0.3 is 5.97 Å². The van der Waals surface area contributed by atoms with Crippen molar-refractivity contribution in [1.82, 2.24) is 4.98 Å². The standard InChI is InChI=1S/C18H14ClFN2O4/c1-2-15(17(23)22-11-4-5-13(20)12(19)8-11)26-18(24)10-3-6-16-14(7-10)21-9-25-16/h3-9,15H,2H2,1H3,(H,22,23). The number of fused-ring (bicyclic) bond motifs is 1. The van der Waals surface area contributed by atoms with E-state index >= 15 is 0 Å². The Morgan fingerprint density at radius 1 is 1.31 bits per heavy atom. The second-order valence-corrected chi connectivity index (χ2v) is 5.86. The molecular weight excluding hydrogens is 363 g/mol. The monoisotopic (exact) mass is 376 g/mol. The van der Waals surface area contributed by atoms with E-state index in [1.807, 2.05) is 0 Å². The van der Waals surface area contributed by atoms with E-state index in [-0.39, 0.29) is 17.0 Å². The summed E-state index contributed by atoms with van der Waals surface area (Å²) in [6.45, 7) is 1.70. The topological polar surface area (TPSA) is 81.4 Å². The van der Waals surface area contributed by atoms with Crippen LogP contribution >= 0.6 is 11.6 Å². The van der Waals surface area contributed by atoms with Gasteiger partial charge in [-0.3, -0.25) is 4.79 Å². The second kappa shape index (κ2) is 7.53. The van der Waals surface area contributed by atoms with Crippen LogP contribution in [0.15, 0.2) is 47.2 Å². The number of halogens is 2. The first kappa shape index (κ1) is 17.9. The van der Waals surface area contributed by atoms with E-state index < -0.39 is 23.8 Å². The highest BCUT2D eigenvalue weighted by Gasteiger charge is 2.22. The molecule has 0 fully saturated rings. The van der Waals surface area contributed by atoms with Gasteiger partial charge in [0.05, 0.1) is 10.6 Å². The number of nitrogens with zero attached hydrogens (tertiary/aromatic N) is 1. The Balaban J connectivity index is 1.70. The van der Waals surface area contributed by atoms with Crippen LogP contribution in [0.4, 0.5) is 10.1 Å². The molecule has 0 aliphatic heterocycles. The van der Waals surface area contributed by atoms with Gasteiger partial charge < -0.3 is 14.5 Å². The van der Waals surface area contributed by atoms with Crippen LogP contribution in [-0.4, -0.2) is 23.0 Å². The van der Waals surface area contributed by atoms with Crippen molar-refractivity contribution in [2.75, 3.05) is 5.32 Å². The van der Waals surface area contributed by atoms with Crippen molar-refractivity contribution in [3.05, 3.63) is 59.2 Å². The van der Waals surface area contributed by atoms with Crippen molar-refractivity contribution in [2.45, 2.75) is 19.4 Å². The third-order valence-electron chi connectivity index (χ3n) is 3.67. The molecule has 8 heteroatoms. The number of oxazole rings is 1. The van der Waals surface area contributed by atoms with Crippen LogP contribution in [0, 0.1) is 5.82 Å². The number of carbonyl (C=O) groups excluding carboxylic acids is 2. The molecule has 26 heavy (non-hydrogen) atoms. The smallest absolute Gasteiger partial charge is 0.338 e. The molecule has 0 radical (unpaired) electrons. The number of nitrogens with one attached hydrogen (secondary N) is 1. The minimum absolute atomic E-state index is 0.117. The van der Waals surface area contributed by atoms with Gasteiger partial charge in [0.25, 0.3) is 5.91 Å². The van der Waals surface area contributed by atoms with E-state index in [0.717, 1.165) is 6.07 Å². The van der Waals surface area contributed by atoms with E-state index in [1.54, 1.807) is 13.0 Å². The molecule has 1 unspecified atom stereocenters. The molecule has 0 saturated heterocycles. The number of benzene rings is 2. The molecule has 1 N–H and O–H groups in total. The normalized spacial score (nSPS) is 12.0. The molecule has 134 valence electrons. The van der Waals surface area contributed by atoms with E-state index in [0.29, 0.717) is 16.8 Å².